The summed E-state index contributed by atoms with van der Waals surface area (Å²) in [7, 11) is 3.77. The molecule has 0 amide bonds. The fourth-order valence-electron chi connectivity index (χ4n) is 2.51. The molecule has 2 unspecified atom stereocenters. The number of rotatable bonds is 5. The van der Waals surface area contributed by atoms with Crippen molar-refractivity contribution in [3.63, 3.8) is 0 Å². The van der Waals surface area contributed by atoms with Gasteiger partial charge in [-0.3, -0.25) is 0 Å². The van der Waals surface area contributed by atoms with Gasteiger partial charge in [0.1, 0.15) is 5.75 Å². The maximum absolute atomic E-state index is 5.52. The second-order valence-corrected chi connectivity index (χ2v) is 5.02. The highest BCUT2D eigenvalue weighted by molar-refractivity contribution is 5.45. The van der Waals surface area contributed by atoms with Crippen LogP contribution in [0.3, 0.4) is 0 Å². The molecule has 1 aromatic carbocycles. The topological polar surface area (TPSA) is 21.3 Å². The van der Waals surface area contributed by atoms with Crippen LogP contribution in [0.1, 0.15) is 42.9 Å². The lowest BCUT2D eigenvalue weighted by atomic mass is 9.89. The first-order valence-electron chi connectivity index (χ1n) is 6.32. The third kappa shape index (κ3) is 3.47. The van der Waals surface area contributed by atoms with Gasteiger partial charge in [0, 0.05) is 6.04 Å². The van der Waals surface area contributed by atoms with Gasteiger partial charge in [0.25, 0.3) is 0 Å². The average Bonchev–Trinajstić information content (AvgIpc) is 2.27. The predicted octanol–water partition coefficient (Wildman–Crippen LogP) is 3.41. The van der Waals surface area contributed by atoms with Crippen molar-refractivity contribution in [1.82, 2.24) is 5.32 Å². The molecule has 0 aromatic heterocycles. The highest BCUT2D eigenvalue weighted by Crippen LogP contribution is 2.33. The van der Waals surface area contributed by atoms with Gasteiger partial charge in [-0.2, -0.15) is 0 Å². The summed E-state index contributed by atoms with van der Waals surface area (Å²) < 4.78 is 5.52. The zero-order valence-corrected chi connectivity index (χ0v) is 11.9. The SMILES string of the molecule is CNC(C)CC(C)c1c(C)cc(C)cc1OC. The Morgan fingerprint density at radius 3 is 2.41 bits per heavy atom. The standard InChI is InChI=1S/C15H25NO/c1-10-7-11(2)15(14(8-10)17-6)12(3)9-13(4)16-5/h7-8,12-13,16H,9H2,1-6H3. The van der Waals surface area contributed by atoms with Gasteiger partial charge in [-0.15, -0.1) is 0 Å². The van der Waals surface area contributed by atoms with Gasteiger partial charge in [-0.05, 0) is 62.9 Å². The lowest BCUT2D eigenvalue weighted by molar-refractivity contribution is 0.401. The molecule has 0 heterocycles. The van der Waals surface area contributed by atoms with E-state index in [0.29, 0.717) is 12.0 Å². The minimum atomic E-state index is 0.507. The third-order valence-electron chi connectivity index (χ3n) is 3.41. The van der Waals surface area contributed by atoms with Gasteiger partial charge in [0.05, 0.1) is 7.11 Å². The summed E-state index contributed by atoms with van der Waals surface area (Å²) in [4.78, 5) is 0. The third-order valence-corrected chi connectivity index (χ3v) is 3.41. The van der Waals surface area contributed by atoms with Crippen molar-refractivity contribution in [2.75, 3.05) is 14.2 Å². The molecule has 0 saturated heterocycles. The number of hydrogen-bond acceptors (Lipinski definition) is 2. The van der Waals surface area contributed by atoms with Gasteiger partial charge in [-0.25, -0.2) is 0 Å². The Morgan fingerprint density at radius 2 is 1.88 bits per heavy atom. The first-order chi connectivity index (χ1) is 7.99. The van der Waals surface area contributed by atoms with E-state index >= 15 is 0 Å². The van der Waals surface area contributed by atoms with Crippen LogP contribution in [0.15, 0.2) is 12.1 Å². The van der Waals surface area contributed by atoms with Crippen LogP contribution in [0, 0.1) is 13.8 Å². The summed E-state index contributed by atoms with van der Waals surface area (Å²) in [6.45, 7) is 8.77. The van der Waals surface area contributed by atoms with Crippen LogP contribution < -0.4 is 10.1 Å². The minimum Gasteiger partial charge on any atom is -0.496 e. The number of nitrogens with one attached hydrogen (secondary N) is 1. The fraction of sp³-hybridized carbons (Fsp3) is 0.600. The Hall–Kier alpha value is -1.02. The van der Waals surface area contributed by atoms with Crippen molar-refractivity contribution >= 4 is 0 Å². The molecule has 0 bridgehead atoms. The van der Waals surface area contributed by atoms with Crippen LogP contribution in [0.5, 0.6) is 5.75 Å². The van der Waals surface area contributed by atoms with Crippen LogP contribution in [-0.4, -0.2) is 20.2 Å². The van der Waals surface area contributed by atoms with Gasteiger partial charge in [0.2, 0.25) is 0 Å². The predicted molar refractivity (Wildman–Crippen MR) is 74.0 cm³/mol. The van der Waals surface area contributed by atoms with Crippen molar-refractivity contribution in [2.24, 2.45) is 0 Å². The molecule has 96 valence electrons. The lowest BCUT2D eigenvalue weighted by Gasteiger charge is -2.22. The summed E-state index contributed by atoms with van der Waals surface area (Å²) in [5.74, 6) is 1.53. The van der Waals surface area contributed by atoms with Crippen LogP contribution in [0.2, 0.25) is 0 Å². The molecule has 0 spiro atoms. The van der Waals surface area contributed by atoms with Gasteiger partial charge >= 0.3 is 0 Å². The van der Waals surface area contributed by atoms with E-state index in [1.54, 1.807) is 7.11 Å². The van der Waals surface area contributed by atoms with Crippen molar-refractivity contribution in [3.8, 4) is 5.75 Å². The first-order valence-corrected chi connectivity index (χ1v) is 6.32. The van der Waals surface area contributed by atoms with Gasteiger partial charge < -0.3 is 10.1 Å². The van der Waals surface area contributed by atoms with E-state index in [4.69, 9.17) is 4.74 Å². The van der Waals surface area contributed by atoms with E-state index in [9.17, 15) is 0 Å². The first kappa shape index (κ1) is 14.0. The Labute approximate surface area is 105 Å². The van der Waals surface area contributed by atoms with Crippen molar-refractivity contribution in [2.45, 2.75) is 46.1 Å². The molecule has 17 heavy (non-hydrogen) atoms. The zero-order chi connectivity index (χ0) is 13.0. The molecular weight excluding hydrogens is 210 g/mol. The molecule has 0 aliphatic heterocycles. The Kier molecular flexibility index (Phi) is 5.01. The minimum absolute atomic E-state index is 0.507. The lowest BCUT2D eigenvalue weighted by Crippen LogP contribution is -2.23. The molecule has 0 fully saturated rings. The quantitative estimate of drug-likeness (QED) is 0.844. The summed E-state index contributed by atoms with van der Waals surface area (Å²) in [6, 6.07) is 4.89. The van der Waals surface area contributed by atoms with E-state index in [0.717, 1.165) is 12.2 Å². The van der Waals surface area contributed by atoms with E-state index in [1.807, 2.05) is 7.05 Å². The Morgan fingerprint density at radius 1 is 1.24 bits per heavy atom. The molecule has 0 saturated carbocycles. The second kappa shape index (κ2) is 6.06. The average molecular weight is 235 g/mol. The summed E-state index contributed by atoms with van der Waals surface area (Å²) in [6.07, 6.45) is 1.12. The normalized spacial score (nSPS) is 14.5. The zero-order valence-electron chi connectivity index (χ0n) is 11.9. The molecular formula is C15H25NO. The summed E-state index contributed by atoms with van der Waals surface area (Å²) in [5.41, 5.74) is 3.94. The Bertz CT molecular complexity index is 373. The van der Waals surface area contributed by atoms with Crippen molar-refractivity contribution in [3.05, 3.63) is 28.8 Å². The molecule has 2 atom stereocenters. The maximum atomic E-state index is 5.52. The van der Waals surface area contributed by atoms with Crippen LogP contribution in [0.4, 0.5) is 0 Å². The highest BCUT2D eigenvalue weighted by Gasteiger charge is 2.16. The number of aryl methyl sites for hydroxylation is 2. The van der Waals surface area contributed by atoms with E-state index in [2.05, 4.69) is 45.1 Å². The van der Waals surface area contributed by atoms with Crippen LogP contribution in [0.25, 0.3) is 0 Å². The monoisotopic (exact) mass is 235 g/mol. The largest absolute Gasteiger partial charge is 0.496 e. The smallest absolute Gasteiger partial charge is 0.122 e. The summed E-state index contributed by atoms with van der Waals surface area (Å²) in [5, 5.41) is 3.29. The molecule has 1 rings (SSSR count). The molecule has 1 aromatic rings. The molecule has 0 aliphatic carbocycles. The summed E-state index contributed by atoms with van der Waals surface area (Å²) >= 11 is 0. The van der Waals surface area contributed by atoms with E-state index in [-0.39, 0.29) is 0 Å². The molecule has 0 aliphatic rings. The van der Waals surface area contributed by atoms with Crippen molar-refractivity contribution in [1.29, 1.82) is 0 Å². The van der Waals surface area contributed by atoms with Crippen molar-refractivity contribution < 1.29 is 4.74 Å². The second-order valence-electron chi connectivity index (χ2n) is 5.02. The fourth-order valence-corrected chi connectivity index (χ4v) is 2.51. The van der Waals surface area contributed by atoms with Gasteiger partial charge in [0.15, 0.2) is 0 Å². The molecule has 1 N–H and O–H groups in total. The molecule has 2 nitrogen and oxygen atoms in total. The molecule has 2 heteroatoms. The van der Waals surface area contributed by atoms with Crippen LogP contribution in [-0.2, 0) is 0 Å². The number of methoxy groups -OCH3 is 1. The highest BCUT2D eigenvalue weighted by atomic mass is 16.5. The Balaban J connectivity index is 3.03. The van der Waals surface area contributed by atoms with E-state index < -0.39 is 0 Å². The van der Waals surface area contributed by atoms with E-state index in [1.165, 1.54) is 16.7 Å². The number of benzene rings is 1. The maximum Gasteiger partial charge on any atom is 0.122 e. The number of ether oxygens (including phenoxy) is 1. The number of hydrogen-bond donors (Lipinski definition) is 1. The van der Waals surface area contributed by atoms with Crippen LogP contribution >= 0.6 is 0 Å². The van der Waals surface area contributed by atoms with Gasteiger partial charge in [-0.1, -0.05) is 13.0 Å². The molecule has 0 radical (unpaired) electrons.